The standard InChI is InChI=1S/4Bi.3O4Si.24H2/c;;;;3*1-5(2,3)4;;;;;;;;;;;;;;;;;;;;;;;;/h;;;;;;;24*1H/q4*+3;3*-4;;;;;;;;;;;;;;;;;;;;;;;;. The van der Waals surface area contributed by atoms with Crippen molar-refractivity contribution in [2.45, 2.75) is 0 Å². The van der Waals surface area contributed by atoms with E-state index in [1.54, 1.807) is 0 Å². The summed E-state index contributed by atoms with van der Waals surface area (Å²) in [5, 5.41) is 0. The van der Waals surface area contributed by atoms with Gasteiger partial charge in [-0.1, -0.05) is 0 Å². The topological polar surface area (TPSA) is 277 Å². The van der Waals surface area contributed by atoms with Gasteiger partial charge in [0.25, 0.3) is 0 Å². The molecule has 19 heteroatoms. The third-order valence-corrected chi connectivity index (χ3v) is 0. The van der Waals surface area contributed by atoms with Gasteiger partial charge < -0.3 is 84.7 Å². The van der Waals surface area contributed by atoms with Gasteiger partial charge in [-0.3, -0.25) is 0 Å². The van der Waals surface area contributed by atoms with Gasteiger partial charge in [-0.2, -0.15) is 0 Å². The van der Waals surface area contributed by atoms with E-state index >= 15 is 0 Å². The Hall–Kier alpha value is 3.70. The minimum atomic E-state index is -5.61. The minimum Gasteiger partial charge on any atom is -0.894 e. The SMILES string of the molecule is [Bi+3].[Bi+3].[Bi+3].[Bi+3].[HH].[HH].[HH].[HH].[HH].[HH].[HH].[HH].[HH].[HH].[HH].[HH].[HH].[HH].[HH].[HH].[HH].[HH].[HH].[HH].[HH].[HH].[HH].[HH].[O-][Si]([O-])([O-])[O-].[O-][Si]([O-])([O-])[O-].[O-][Si]([O-])([O-])[O-]. The van der Waals surface area contributed by atoms with Crippen LogP contribution in [0.4, 0.5) is 0 Å². The van der Waals surface area contributed by atoms with Crippen LogP contribution in [-0.4, -0.2) is 132 Å². The van der Waals surface area contributed by atoms with Crippen LogP contribution >= 0.6 is 0 Å². The first-order chi connectivity index (χ1) is 6.00. The summed E-state index contributed by atoms with van der Waals surface area (Å²) in [6, 6.07) is 0. The summed E-state index contributed by atoms with van der Waals surface area (Å²) in [5.41, 5.74) is 0. The molecule has 0 bridgehead atoms. The average molecular weight is 1160 g/mol. The van der Waals surface area contributed by atoms with Gasteiger partial charge in [0.1, 0.15) is 0 Å². The smallest absolute Gasteiger partial charge is 0.894 e. The van der Waals surface area contributed by atoms with Gasteiger partial charge in [0.05, 0.1) is 0 Å². The van der Waals surface area contributed by atoms with E-state index in [1.807, 2.05) is 0 Å². The van der Waals surface area contributed by atoms with Crippen LogP contribution in [0.2, 0.25) is 0 Å². The summed E-state index contributed by atoms with van der Waals surface area (Å²) < 4.78 is 0. The van der Waals surface area contributed by atoms with Crippen LogP contribution in [0.15, 0.2) is 0 Å². The largest absolute Gasteiger partial charge is 3.00 e. The molecular formula is H48Bi4O12Si3. The van der Waals surface area contributed by atoms with Crippen LogP contribution in [0.5, 0.6) is 0 Å². The summed E-state index contributed by atoms with van der Waals surface area (Å²) in [4.78, 5) is 103. The Morgan fingerprint density at radius 2 is 0.316 bits per heavy atom. The van der Waals surface area contributed by atoms with Gasteiger partial charge in [-0.05, 0) is 0 Å². The van der Waals surface area contributed by atoms with Gasteiger partial charge in [-0.15, -0.1) is 0 Å². The Balaban J connectivity index is -0.00000000131. The van der Waals surface area contributed by atoms with Crippen molar-refractivity contribution in [3.63, 3.8) is 0 Å². The molecule has 0 aromatic heterocycles. The van der Waals surface area contributed by atoms with E-state index in [1.165, 1.54) is 0 Å². The van der Waals surface area contributed by atoms with Crippen molar-refractivity contribution >= 4 is 132 Å². The summed E-state index contributed by atoms with van der Waals surface area (Å²) in [6.07, 6.45) is 0. The molecule has 0 spiro atoms. The van der Waals surface area contributed by atoms with Crippen molar-refractivity contribution in [1.29, 1.82) is 0 Å². The quantitative estimate of drug-likeness (QED) is 0.205. The molecule has 0 aromatic rings. The second-order valence-electron chi connectivity index (χ2n) is 1.50. The third-order valence-electron chi connectivity index (χ3n) is 0. The van der Waals surface area contributed by atoms with Crippen molar-refractivity contribution in [1.82, 2.24) is 0 Å². The fraction of sp³-hybridized carbons (Fsp3) is 0. The van der Waals surface area contributed by atoms with Gasteiger partial charge in [-0.25, -0.2) is 0 Å². The van der Waals surface area contributed by atoms with Crippen LogP contribution in [0.1, 0.15) is 34.2 Å². The second-order valence-corrected chi connectivity index (χ2v) is 4.50. The monoisotopic (exact) mass is 1160 g/mol. The molecule has 0 fully saturated rings. The number of rotatable bonds is 0. The van der Waals surface area contributed by atoms with Gasteiger partial charge in [0.15, 0.2) is 0 Å². The van der Waals surface area contributed by atoms with E-state index in [0.29, 0.717) is 0 Å². The van der Waals surface area contributed by atoms with E-state index in [0.717, 1.165) is 0 Å². The van der Waals surface area contributed by atoms with E-state index < -0.39 is 27.1 Å². The van der Waals surface area contributed by atoms with Crippen molar-refractivity contribution in [2.24, 2.45) is 0 Å². The van der Waals surface area contributed by atoms with E-state index in [-0.39, 0.29) is 139 Å². The van der Waals surface area contributed by atoms with Crippen LogP contribution in [0.3, 0.4) is 0 Å². The Morgan fingerprint density at radius 3 is 0.316 bits per heavy atom. The Morgan fingerprint density at radius 1 is 0.316 bits per heavy atom. The summed E-state index contributed by atoms with van der Waals surface area (Å²) in [6.45, 7) is 0. The molecule has 0 N–H and O–H groups in total. The molecule has 0 heterocycles. The molecule has 0 aromatic carbocycles. The van der Waals surface area contributed by atoms with E-state index in [9.17, 15) is 0 Å². The first-order valence-electron chi connectivity index (χ1n) is 2.45. The Bertz CT molecular complexity index is 143. The average Bonchev–Trinajstić information content (AvgIpc) is 1.41. The van der Waals surface area contributed by atoms with E-state index in [4.69, 9.17) is 57.5 Å². The Kier molecular flexibility index (Phi) is 45.1. The number of hydrogen-bond donors (Lipinski definition) is 0. The van der Waals surface area contributed by atoms with Crippen molar-refractivity contribution in [3.8, 4) is 0 Å². The van der Waals surface area contributed by atoms with Gasteiger partial charge >= 0.3 is 105 Å². The second kappa shape index (κ2) is 19.7. The minimum absolute atomic E-state index is 0. The molecular weight excluding hydrogens is 1110 g/mol. The zero-order valence-electron chi connectivity index (χ0n) is 8.19. The molecule has 0 aliphatic carbocycles. The zero-order chi connectivity index (χ0) is 13.5. The maximum Gasteiger partial charge on any atom is 3.00 e. The Labute approximate surface area is 222 Å². The fourth-order valence-electron chi connectivity index (χ4n) is 0. The molecule has 0 saturated heterocycles. The first kappa shape index (κ1) is 43.4. The van der Waals surface area contributed by atoms with Crippen LogP contribution in [0.25, 0.3) is 0 Å². The maximum atomic E-state index is 8.58. The summed E-state index contributed by atoms with van der Waals surface area (Å²) in [5.74, 6) is 0. The van der Waals surface area contributed by atoms with Crippen LogP contribution < -0.4 is 57.5 Å². The van der Waals surface area contributed by atoms with Crippen molar-refractivity contribution in [3.05, 3.63) is 0 Å². The normalized spacial score (nSPS) is 9.47. The molecule has 0 aliphatic heterocycles. The first-order valence-corrected chi connectivity index (χ1v) is 7.35. The molecule has 152 valence electrons. The molecule has 0 unspecified atom stereocenters. The predicted molar refractivity (Wildman–Crippen MR) is 91.0 cm³/mol. The molecule has 0 rings (SSSR count). The van der Waals surface area contributed by atoms with Gasteiger partial charge in [0.2, 0.25) is 0 Å². The van der Waals surface area contributed by atoms with Crippen LogP contribution in [-0.2, 0) is 0 Å². The van der Waals surface area contributed by atoms with Crippen molar-refractivity contribution < 1.29 is 91.8 Å². The molecule has 0 atom stereocenters. The van der Waals surface area contributed by atoms with Gasteiger partial charge in [0, 0.05) is 34.2 Å². The van der Waals surface area contributed by atoms with Crippen molar-refractivity contribution in [2.75, 3.05) is 0 Å². The van der Waals surface area contributed by atoms with E-state index in [2.05, 4.69) is 0 Å². The number of hydrogen-bond acceptors (Lipinski definition) is 12. The molecule has 12 nitrogen and oxygen atoms in total. The molecule has 19 heavy (non-hydrogen) atoms. The molecule has 0 saturated carbocycles. The molecule has 0 aliphatic rings. The predicted octanol–water partition coefficient (Wildman–Crippen LogP) is -11.0. The summed E-state index contributed by atoms with van der Waals surface area (Å²) >= 11 is 0. The molecule has 8 radical (unpaired) electrons. The zero-order valence-corrected chi connectivity index (χ0v) is 25.1. The van der Waals surface area contributed by atoms with Crippen LogP contribution in [0, 0.1) is 0 Å². The maximum absolute atomic E-state index is 8.58. The molecule has 0 amide bonds. The third kappa shape index (κ3) is 614. The summed E-state index contributed by atoms with van der Waals surface area (Å²) in [7, 11) is -16.8. The fourth-order valence-corrected chi connectivity index (χ4v) is 0.